The van der Waals surface area contributed by atoms with Crippen molar-refractivity contribution in [1.29, 1.82) is 0 Å². The molecule has 0 saturated heterocycles. The van der Waals surface area contributed by atoms with Gasteiger partial charge in [0, 0.05) is 45.5 Å². The molecular formula is C68H132GeO8. The zero-order valence-electron chi connectivity index (χ0n) is 53.7. The first-order chi connectivity index (χ1) is 36.5. The van der Waals surface area contributed by atoms with E-state index < -0.39 is 45.5 Å². The van der Waals surface area contributed by atoms with E-state index >= 15 is 0 Å². The van der Waals surface area contributed by atoms with Crippen LogP contribution in [0.15, 0.2) is 0 Å². The molecule has 0 aliphatic heterocycles. The summed E-state index contributed by atoms with van der Waals surface area (Å²) in [6.07, 6.45) is 49.5. The van der Waals surface area contributed by atoms with E-state index in [1.807, 2.05) is 0 Å². The van der Waals surface area contributed by atoms with Crippen molar-refractivity contribution in [1.82, 2.24) is 0 Å². The second-order valence-corrected chi connectivity index (χ2v) is 23.8. The van der Waals surface area contributed by atoms with Gasteiger partial charge in [-0.1, -0.05) is 314 Å². The van der Waals surface area contributed by atoms with Crippen molar-refractivity contribution < 1.29 is 39.6 Å². The normalized spacial score (nSPS) is 11.6. The molecule has 456 valence electrons. The van der Waals surface area contributed by atoms with Crippen molar-refractivity contribution in [2.24, 2.45) is 21.7 Å². The van der Waals surface area contributed by atoms with Crippen LogP contribution in [-0.2, 0) is 19.2 Å². The van der Waals surface area contributed by atoms with Crippen molar-refractivity contribution >= 4 is 41.5 Å². The van der Waals surface area contributed by atoms with Gasteiger partial charge in [0.1, 0.15) is 0 Å². The summed E-state index contributed by atoms with van der Waals surface area (Å²) >= 11 is 0. The van der Waals surface area contributed by atoms with E-state index in [2.05, 4.69) is 83.1 Å². The van der Waals surface area contributed by atoms with Gasteiger partial charge in [-0.3, -0.25) is 0 Å². The molecule has 0 N–H and O–H groups in total. The first kappa shape index (κ1) is 84.2. The van der Waals surface area contributed by atoms with Crippen molar-refractivity contribution in [2.45, 2.75) is 391 Å². The van der Waals surface area contributed by atoms with Gasteiger partial charge in [0.25, 0.3) is 0 Å². The summed E-state index contributed by atoms with van der Waals surface area (Å²) in [6, 6.07) is 0. The molecule has 0 atom stereocenters. The number of hydrogen-bond donors (Lipinski definition) is 0. The smallest absolute Gasteiger partial charge is 0.550 e. The molecule has 0 aromatic rings. The molecular weight excluding hydrogens is 1020 g/mol. The van der Waals surface area contributed by atoms with Crippen LogP contribution in [0.25, 0.3) is 0 Å². The van der Waals surface area contributed by atoms with Crippen LogP contribution in [0, 0.1) is 21.7 Å². The Morgan fingerprint density at radius 1 is 0.195 bits per heavy atom. The van der Waals surface area contributed by atoms with Crippen LogP contribution in [-0.4, -0.2) is 41.5 Å². The monoisotopic (exact) mass is 1150 g/mol. The van der Waals surface area contributed by atoms with Gasteiger partial charge in [0.15, 0.2) is 0 Å². The molecule has 8 nitrogen and oxygen atoms in total. The molecule has 0 bridgehead atoms. The van der Waals surface area contributed by atoms with Gasteiger partial charge < -0.3 is 39.6 Å². The topological polar surface area (TPSA) is 161 Å². The molecule has 0 aromatic heterocycles. The minimum Gasteiger partial charge on any atom is -0.550 e. The zero-order chi connectivity index (χ0) is 58.3. The fourth-order valence-electron chi connectivity index (χ4n) is 11.3. The molecule has 0 heterocycles. The third-order valence-corrected chi connectivity index (χ3v) is 16.8. The predicted octanol–water partition coefficient (Wildman–Crippen LogP) is 17.5. The maximum Gasteiger partial charge on any atom is 4.00 e. The third kappa shape index (κ3) is 43.8. The standard InChI is InChI=1S/4C17H34O2.Ge/c4*1-4-7-10-13-17(16(18)19,14-11-8-5-2)15-12-9-6-3;/h4*4-15H2,1-3H3,(H,18,19);/q;;;;+4/p-4. The van der Waals surface area contributed by atoms with Crippen molar-refractivity contribution in [3.05, 3.63) is 0 Å². The van der Waals surface area contributed by atoms with E-state index in [1.165, 1.54) is 0 Å². The largest absolute Gasteiger partial charge is 4.00 e. The average molecular weight is 1150 g/mol. The van der Waals surface area contributed by atoms with Crippen LogP contribution in [0.1, 0.15) is 391 Å². The second kappa shape index (κ2) is 59.1. The first-order valence-electron chi connectivity index (χ1n) is 33.4. The maximum atomic E-state index is 11.7. The SMILES string of the molecule is CCCCCC(CCCCC)(CCCCC)C(=O)[O-].CCCCCC(CCCCC)(CCCCC)C(=O)[O-].CCCCCC(CCCCC)(CCCCC)C(=O)[O-].CCCCCC(CCCCC)(CCCCC)C(=O)[O-].[Ge+4]. The van der Waals surface area contributed by atoms with Crippen LogP contribution in [0.5, 0.6) is 0 Å². The number of carbonyl (C=O) groups excluding carboxylic acids is 4. The van der Waals surface area contributed by atoms with Crippen LogP contribution in [0.3, 0.4) is 0 Å². The molecule has 0 fully saturated rings. The summed E-state index contributed by atoms with van der Waals surface area (Å²) in [6.45, 7) is 25.9. The Morgan fingerprint density at radius 2 is 0.273 bits per heavy atom. The van der Waals surface area contributed by atoms with Crippen molar-refractivity contribution in [2.75, 3.05) is 0 Å². The van der Waals surface area contributed by atoms with Gasteiger partial charge in [-0.2, -0.15) is 0 Å². The quantitative estimate of drug-likeness (QED) is 0.0430. The molecule has 0 radical (unpaired) electrons. The van der Waals surface area contributed by atoms with Crippen LogP contribution in [0.2, 0.25) is 0 Å². The van der Waals surface area contributed by atoms with E-state index in [1.54, 1.807) is 0 Å². The van der Waals surface area contributed by atoms with Gasteiger partial charge >= 0.3 is 17.6 Å². The van der Waals surface area contributed by atoms with Crippen LogP contribution >= 0.6 is 0 Å². The van der Waals surface area contributed by atoms with E-state index in [-0.39, 0.29) is 17.6 Å². The fourth-order valence-corrected chi connectivity index (χ4v) is 11.3. The molecule has 0 spiro atoms. The summed E-state index contributed by atoms with van der Waals surface area (Å²) in [4.78, 5) is 46.8. The van der Waals surface area contributed by atoms with Crippen LogP contribution in [0.4, 0.5) is 0 Å². The summed E-state index contributed by atoms with van der Waals surface area (Å²) in [5.74, 6) is -3.18. The Morgan fingerprint density at radius 3 is 0.325 bits per heavy atom. The van der Waals surface area contributed by atoms with Gasteiger partial charge in [-0.15, -0.1) is 0 Å². The number of unbranched alkanes of at least 4 members (excludes halogenated alkanes) is 24. The summed E-state index contributed by atoms with van der Waals surface area (Å²) in [5, 5.41) is 46.8. The van der Waals surface area contributed by atoms with Crippen molar-refractivity contribution in [3.63, 3.8) is 0 Å². The van der Waals surface area contributed by atoms with Crippen LogP contribution < -0.4 is 20.4 Å². The molecule has 0 rings (SSSR count). The molecule has 0 amide bonds. The van der Waals surface area contributed by atoms with E-state index in [0.717, 1.165) is 308 Å². The minimum absolute atomic E-state index is 0. The molecule has 77 heavy (non-hydrogen) atoms. The average Bonchev–Trinajstić information content (AvgIpc) is 3.39. The van der Waals surface area contributed by atoms with Gasteiger partial charge in [-0.25, -0.2) is 0 Å². The fraction of sp³-hybridized carbons (Fsp3) is 0.941. The number of carbonyl (C=O) groups is 4. The van der Waals surface area contributed by atoms with Crippen molar-refractivity contribution in [3.8, 4) is 0 Å². The number of rotatable bonds is 52. The summed E-state index contributed by atoms with van der Waals surface area (Å²) in [5.41, 5.74) is -2.17. The Balaban J connectivity index is -0.000000298. The van der Waals surface area contributed by atoms with E-state index in [9.17, 15) is 39.6 Å². The Kier molecular flexibility index (Phi) is 64.6. The zero-order valence-corrected chi connectivity index (χ0v) is 55.8. The number of hydrogen-bond acceptors (Lipinski definition) is 8. The number of carboxylic acids is 4. The molecule has 0 aromatic carbocycles. The Hall–Kier alpha value is -1.58. The third-order valence-electron chi connectivity index (χ3n) is 16.8. The predicted molar refractivity (Wildman–Crippen MR) is 325 cm³/mol. The first-order valence-corrected chi connectivity index (χ1v) is 33.4. The maximum absolute atomic E-state index is 11.7. The molecule has 0 unspecified atom stereocenters. The second-order valence-electron chi connectivity index (χ2n) is 23.8. The number of aliphatic carboxylic acids is 4. The molecule has 0 saturated carbocycles. The Labute approximate surface area is 491 Å². The molecule has 0 aliphatic carbocycles. The summed E-state index contributed by atoms with van der Waals surface area (Å²) < 4.78 is 0. The number of carboxylic acid groups (broad SMARTS) is 4. The Bertz CT molecular complexity index is 987. The van der Waals surface area contributed by atoms with E-state index in [0.29, 0.717) is 0 Å². The van der Waals surface area contributed by atoms with Gasteiger partial charge in [0.2, 0.25) is 0 Å². The molecule has 9 heteroatoms. The van der Waals surface area contributed by atoms with E-state index in [4.69, 9.17) is 0 Å². The van der Waals surface area contributed by atoms with Gasteiger partial charge in [0.05, 0.1) is 0 Å². The van der Waals surface area contributed by atoms with Gasteiger partial charge in [-0.05, 0) is 77.0 Å². The minimum atomic E-state index is -0.796. The molecule has 0 aliphatic rings. The summed E-state index contributed by atoms with van der Waals surface area (Å²) in [7, 11) is 0.